The van der Waals surface area contributed by atoms with E-state index in [-0.39, 0.29) is 11.8 Å². The van der Waals surface area contributed by atoms with E-state index in [1.165, 1.54) is 6.07 Å². The van der Waals surface area contributed by atoms with Crippen molar-refractivity contribution in [2.24, 2.45) is 0 Å². The lowest BCUT2D eigenvalue weighted by Crippen LogP contribution is -1.98. The SMILES string of the molecule is O=[N+]([O-])c1ccc(CNc2cc3c(cc2Cl)OCO3)s1. The van der Waals surface area contributed by atoms with E-state index in [4.69, 9.17) is 21.1 Å². The van der Waals surface area contributed by atoms with Crippen molar-refractivity contribution in [3.05, 3.63) is 44.3 Å². The van der Waals surface area contributed by atoms with Crippen LogP contribution in [0.3, 0.4) is 0 Å². The summed E-state index contributed by atoms with van der Waals surface area (Å²) >= 11 is 7.26. The highest BCUT2D eigenvalue weighted by Crippen LogP contribution is 2.39. The predicted octanol–water partition coefficient (Wildman–Crippen LogP) is 3.65. The Labute approximate surface area is 123 Å². The maximum atomic E-state index is 10.6. The number of nitro groups is 1. The third-order valence-electron chi connectivity index (χ3n) is 2.74. The van der Waals surface area contributed by atoms with Gasteiger partial charge >= 0.3 is 5.00 Å². The Balaban J connectivity index is 1.73. The van der Waals surface area contributed by atoms with Crippen molar-refractivity contribution in [1.29, 1.82) is 0 Å². The van der Waals surface area contributed by atoms with E-state index < -0.39 is 4.92 Å². The van der Waals surface area contributed by atoms with Gasteiger partial charge in [0.1, 0.15) is 0 Å². The Hall–Kier alpha value is -1.99. The van der Waals surface area contributed by atoms with Crippen molar-refractivity contribution >= 4 is 33.6 Å². The van der Waals surface area contributed by atoms with E-state index in [0.717, 1.165) is 16.2 Å². The van der Waals surface area contributed by atoms with Crippen LogP contribution < -0.4 is 14.8 Å². The lowest BCUT2D eigenvalue weighted by atomic mass is 10.2. The first kappa shape index (κ1) is 13.0. The summed E-state index contributed by atoms with van der Waals surface area (Å²) in [7, 11) is 0. The van der Waals surface area contributed by atoms with E-state index in [2.05, 4.69) is 5.32 Å². The topological polar surface area (TPSA) is 73.6 Å². The van der Waals surface area contributed by atoms with Crippen molar-refractivity contribution in [2.45, 2.75) is 6.54 Å². The molecule has 1 aliphatic heterocycles. The molecule has 8 heteroatoms. The smallest absolute Gasteiger partial charge is 0.324 e. The minimum absolute atomic E-state index is 0.124. The molecule has 0 fully saturated rings. The summed E-state index contributed by atoms with van der Waals surface area (Å²) in [5.74, 6) is 1.25. The highest BCUT2D eigenvalue weighted by Gasteiger charge is 2.17. The maximum Gasteiger partial charge on any atom is 0.324 e. The van der Waals surface area contributed by atoms with Gasteiger partial charge in [0.15, 0.2) is 11.5 Å². The van der Waals surface area contributed by atoms with E-state index in [9.17, 15) is 10.1 Å². The second-order valence-electron chi connectivity index (χ2n) is 4.04. The Morgan fingerprint density at radius 2 is 2.10 bits per heavy atom. The van der Waals surface area contributed by atoms with Crippen LogP contribution in [0, 0.1) is 10.1 Å². The first-order chi connectivity index (χ1) is 9.63. The zero-order chi connectivity index (χ0) is 14.1. The molecule has 1 aromatic carbocycles. The normalized spacial score (nSPS) is 12.4. The molecule has 20 heavy (non-hydrogen) atoms. The van der Waals surface area contributed by atoms with Crippen LogP contribution in [-0.2, 0) is 6.54 Å². The lowest BCUT2D eigenvalue weighted by molar-refractivity contribution is -0.380. The Bertz CT molecular complexity index is 673. The molecule has 0 aliphatic carbocycles. The number of hydrogen-bond acceptors (Lipinski definition) is 6. The minimum atomic E-state index is -0.401. The van der Waals surface area contributed by atoms with Gasteiger partial charge < -0.3 is 14.8 Å². The molecule has 0 amide bonds. The van der Waals surface area contributed by atoms with E-state index in [1.807, 2.05) is 0 Å². The van der Waals surface area contributed by atoms with Gasteiger partial charge in [-0.05, 0) is 6.07 Å². The van der Waals surface area contributed by atoms with Gasteiger partial charge in [0, 0.05) is 29.6 Å². The van der Waals surface area contributed by atoms with E-state index in [1.54, 1.807) is 18.2 Å². The fourth-order valence-electron chi connectivity index (χ4n) is 1.79. The number of nitrogens with zero attached hydrogens (tertiary/aromatic N) is 1. The molecule has 0 saturated heterocycles. The van der Waals surface area contributed by atoms with Gasteiger partial charge in [-0.2, -0.15) is 0 Å². The average Bonchev–Trinajstić information content (AvgIpc) is 3.03. The molecule has 3 rings (SSSR count). The summed E-state index contributed by atoms with van der Waals surface area (Å²) in [6.07, 6.45) is 0. The third kappa shape index (κ3) is 2.50. The van der Waals surface area contributed by atoms with Crippen molar-refractivity contribution in [2.75, 3.05) is 12.1 Å². The monoisotopic (exact) mass is 312 g/mol. The molecule has 2 aromatic rings. The van der Waals surface area contributed by atoms with Gasteiger partial charge in [-0.3, -0.25) is 10.1 Å². The van der Waals surface area contributed by atoms with E-state index in [0.29, 0.717) is 28.8 Å². The van der Waals surface area contributed by atoms with Gasteiger partial charge in [0.25, 0.3) is 0 Å². The number of benzene rings is 1. The molecule has 2 heterocycles. The summed E-state index contributed by atoms with van der Waals surface area (Å²) in [5.41, 5.74) is 0.701. The van der Waals surface area contributed by atoms with Gasteiger partial charge in [0.2, 0.25) is 6.79 Å². The summed E-state index contributed by atoms with van der Waals surface area (Å²) < 4.78 is 10.5. The molecule has 0 spiro atoms. The number of nitrogens with one attached hydrogen (secondary N) is 1. The summed E-state index contributed by atoms with van der Waals surface area (Å²) in [6.45, 7) is 0.643. The second-order valence-corrected chi connectivity index (χ2v) is 5.59. The van der Waals surface area contributed by atoms with Gasteiger partial charge in [-0.1, -0.05) is 22.9 Å². The average molecular weight is 313 g/mol. The molecule has 0 bridgehead atoms. The molecule has 1 N–H and O–H groups in total. The zero-order valence-corrected chi connectivity index (χ0v) is 11.7. The van der Waals surface area contributed by atoms with Crippen LogP contribution in [0.5, 0.6) is 11.5 Å². The summed E-state index contributed by atoms with van der Waals surface area (Å²) in [5, 5.41) is 14.4. The third-order valence-corrected chi connectivity index (χ3v) is 4.09. The fourth-order valence-corrected chi connectivity index (χ4v) is 2.77. The van der Waals surface area contributed by atoms with Crippen molar-refractivity contribution in [1.82, 2.24) is 0 Å². The number of anilines is 1. The summed E-state index contributed by atoms with van der Waals surface area (Å²) in [4.78, 5) is 11.1. The highest BCUT2D eigenvalue weighted by molar-refractivity contribution is 7.15. The quantitative estimate of drug-likeness (QED) is 0.689. The largest absolute Gasteiger partial charge is 0.454 e. The summed E-state index contributed by atoms with van der Waals surface area (Å²) in [6, 6.07) is 6.65. The number of halogens is 1. The standard InChI is InChI=1S/C12H9ClN2O4S/c13-8-3-10-11(19-6-18-10)4-9(8)14-5-7-1-2-12(20-7)15(16)17/h1-4,14H,5-6H2. The number of rotatable bonds is 4. The molecule has 0 unspecified atom stereocenters. The van der Waals surface area contributed by atoms with Crippen LogP contribution in [0.15, 0.2) is 24.3 Å². The molecule has 6 nitrogen and oxygen atoms in total. The van der Waals surface area contributed by atoms with Crippen LogP contribution in [-0.4, -0.2) is 11.7 Å². The number of hydrogen-bond donors (Lipinski definition) is 1. The van der Waals surface area contributed by atoms with Crippen molar-refractivity contribution in [3.8, 4) is 11.5 Å². The molecular weight excluding hydrogens is 304 g/mol. The van der Waals surface area contributed by atoms with Gasteiger partial charge in [0.05, 0.1) is 15.6 Å². The molecule has 0 saturated carbocycles. The number of thiophene rings is 1. The Morgan fingerprint density at radius 3 is 2.80 bits per heavy atom. The zero-order valence-electron chi connectivity index (χ0n) is 10.1. The van der Waals surface area contributed by atoms with Crippen LogP contribution >= 0.6 is 22.9 Å². The first-order valence-electron chi connectivity index (χ1n) is 5.69. The maximum absolute atomic E-state index is 10.6. The Kier molecular flexibility index (Phi) is 3.37. The molecule has 0 radical (unpaired) electrons. The molecule has 0 atom stereocenters. The Morgan fingerprint density at radius 1 is 1.35 bits per heavy atom. The molecular formula is C12H9ClN2O4S. The van der Waals surface area contributed by atoms with Crippen LogP contribution in [0.2, 0.25) is 5.02 Å². The number of ether oxygens (including phenoxy) is 2. The molecule has 104 valence electrons. The highest BCUT2D eigenvalue weighted by atomic mass is 35.5. The fraction of sp³-hybridized carbons (Fsp3) is 0.167. The first-order valence-corrected chi connectivity index (χ1v) is 6.89. The molecule has 1 aliphatic rings. The van der Waals surface area contributed by atoms with Gasteiger partial charge in [-0.25, -0.2) is 0 Å². The predicted molar refractivity (Wildman–Crippen MR) is 75.9 cm³/mol. The van der Waals surface area contributed by atoms with Crippen molar-refractivity contribution < 1.29 is 14.4 Å². The van der Waals surface area contributed by atoms with E-state index >= 15 is 0 Å². The molecule has 1 aromatic heterocycles. The van der Waals surface area contributed by atoms with Crippen LogP contribution in [0.25, 0.3) is 0 Å². The lowest BCUT2D eigenvalue weighted by Gasteiger charge is -2.08. The van der Waals surface area contributed by atoms with Crippen LogP contribution in [0.1, 0.15) is 4.88 Å². The minimum Gasteiger partial charge on any atom is -0.454 e. The second kappa shape index (κ2) is 5.18. The van der Waals surface area contributed by atoms with Crippen molar-refractivity contribution in [3.63, 3.8) is 0 Å². The van der Waals surface area contributed by atoms with Gasteiger partial charge in [-0.15, -0.1) is 0 Å². The van der Waals surface area contributed by atoms with Crippen LogP contribution in [0.4, 0.5) is 10.7 Å². The number of fused-ring (bicyclic) bond motifs is 1.